The van der Waals surface area contributed by atoms with Gasteiger partial charge in [0.1, 0.15) is 11.6 Å². The van der Waals surface area contributed by atoms with Gasteiger partial charge < -0.3 is 18.9 Å². The van der Waals surface area contributed by atoms with Crippen LogP contribution in [-0.2, 0) is 27.4 Å². The number of hydrogen-bond donors (Lipinski definition) is 0. The maximum Gasteiger partial charge on any atom is 0.222 e. The SMILES string of the molecule is CCC(=O)N1CCn2c(C3CCOCC3)nc(-c3c(F)ccc4cc(C5CCOCC5)ncc34)c2C1. The zero-order chi connectivity index (χ0) is 24.6. The van der Waals surface area contributed by atoms with Gasteiger partial charge in [-0.1, -0.05) is 13.0 Å². The molecule has 5 heterocycles. The number of carbonyl (C=O) groups excluding carboxylic acids is 1. The predicted molar refractivity (Wildman–Crippen MR) is 134 cm³/mol. The summed E-state index contributed by atoms with van der Waals surface area (Å²) in [5, 5.41) is 1.73. The molecule has 6 rings (SSSR count). The van der Waals surface area contributed by atoms with Gasteiger partial charge in [-0.25, -0.2) is 9.37 Å². The van der Waals surface area contributed by atoms with Crippen molar-refractivity contribution in [3.8, 4) is 11.3 Å². The Labute approximate surface area is 210 Å². The highest BCUT2D eigenvalue weighted by atomic mass is 19.1. The number of pyridine rings is 1. The number of carbonyl (C=O) groups is 1. The van der Waals surface area contributed by atoms with Gasteiger partial charge in [0, 0.05) is 80.6 Å². The third-order valence-electron chi connectivity index (χ3n) is 8.03. The largest absolute Gasteiger partial charge is 0.381 e. The molecule has 3 aliphatic heterocycles. The van der Waals surface area contributed by atoms with Gasteiger partial charge >= 0.3 is 0 Å². The number of aromatic nitrogens is 3. The molecule has 1 amide bonds. The minimum atomic E-state index is -0.304. The summed E-state index contributed by atoms with van der Waals surface area (Å²) in [5.74, 6) is 1.44. The van der Waals surface area contributed by atoms with Crippen molar-refractivity contribution in [3.63, 3.8) is 0 Å². The van der Waals surface area contributed by atoms with E-state index in [1.54, 1.807) is 6.07 Å². The monoisotopic (exact) mass is 492 g/mol. The van der Waals surface area contributed by atoms with Gasteiger partial charge in [0.25, 0.3) is 0 Å². The molecule has 0 unspecified atom stereocenters. The van der Waals surface area contributed by atoms with Gasteiger partial charge in [0.2, 0.25) is 5.91 Å². The fourth-order valence-electron chi connectivity index (χ4n) is 5.97. The van der Waals surface area contributed by atoms with E-state index in [4.69, 9.17) is 19.4 Å². The van der Waals surface area contributed by atoms with Crippen molar-refractivity contribution in [1.29, 1.82) is 0 Å². The Bertz CT molecular complexity index is 1280. The van der Waals surface area contributed by atoms with E-state index < -0.39 is 0 Å². The average molecular weight is 493 g/mol. The van der Waals surface area contributed by atoms with Crippen molar-refractivity contribution in [2.45, 2.75) is 64.0 Å². The second-order valence-corrected chi connectivity index (χ2v) is 10.1. The Morgan fingerprint density at radius 3 is 2.50 bits per heavy atom. The molecule has 0 N–H and O–H groups in total. The number of hydrogen-bond acceptors (Lipinski definition) is 5. The first kappa shape index (κ1) is 23.6. The molecule has 190 valence electrons. The number of benzene rings is 1. The van der Waals surface area contributed by atoms with E-state index in [1.165, 1.54) is 0 Å². The van der Waals surface area contributed by atoms with Crippen LogP contribution in [0.1, 0.15) is 68.1 Å². The maximum atomic E-state index is 15.6. The zero-order valence-corrected chi connectivity index (χ0v) is 20.8. The lowest BCUT2D eigenvalue weighted by Crippen LogP contribution is -2.38. The van der Waals surface area contributed by atoms with E-state index in [-0.39, 0.29) is 17.6 Å². The smallest absolute Gasteiger partial charge is 0.222 e. The van der Waals surface area contributed by atoms with Crippen LogP contribution >= 0.6 is 0 Å². The molecule has 0 saturated carbocycles. The number of ether oxygens (including phenoxy) is 2. The number of imidazole rings is 1. The molecular weight excluding hydrogens is 459 g/mol. The van der Waals surface area contributed by atoms with Crippen LogP contribution in [0.5, 0.6) is 0 Å². The molecule has 36 heavy (non-hydrogen) atoms. The lowest BCUT2D eigenvalue weighted by Gasteiger charge is -2.31. The summed E-state index contributed by atoms with van der Waals surface area (Å²) < 4.78 is 29.0. The summed E-state index contributed by atoms with van der Waals surface area (Å²) >= 11 is 0. The van der Waals surface area contributed by atoms with Crippen LogP contribution in [0.25, 0.3) is 22.0 Å². The molecule has 0 spiro atoms. The van der Waals surface area contributed by atoms with E-state index >= 15 is 4.39 Å². The van der Waals surface area contributed by atoms with E-state index in [0.29, 0.717) is 56.4 Å². The fourth-order valence-corrected chi connectivity index (χ4v) is 5.97. The van der Waals surface area contributed by atoms with Crippen LogP contribution in [0.4, 0.5) is 4.39 Å². The Kier molecular flexibility index (Phi) is 6.48. The minimum Gasteiger partial charge on any atom is -0.381 e. The van der Waals surface area contributed by atoms with Crippen molar-refractivity contribution in [3.05, 3.63) is 47.4 Å². The van der Waals surface area contributed by atoms with Crippen molar-refractivity contribution in [1.82, 2.24) is 19.4 Å². The minimum absolute atomic E-state index is 0.113. The molecule has 2 aromatic heterocycles. The fraction of sp³-hybridized carbons (Fsp3) is 0.536. The molecular formula is C28H33FN4O3. The third-order valence-corrected chi connectivity index (χ3v) is 8.03. The highest BCUT2D eigenvalue weighted by molar-refractivity contribution is 5.96. The van der Waals surface area contributed by atoms with Crippen LogP contribution in [0.15, 0.2) is 24.4 Å². The zero-order valence-electron chi connectivity index (χ0n) is 20.8. The van der Waals surface area contributed by atoms with Gasteiger partial charge in [0.05, 0.1) is 17.9 Å². The number of amides is 1. The Balaban J connectivity index is 1.47. The molecule has 2 fully saturated rings. The average Bonchev–Trinajstić information content (AvgIpc) is 3.31. The molecule has 0 aliphatic carbocycles. The first-order valence-electron chi connectivity index (χ1n) is 13.2. The summed E-state index contributed by atoms with van der Waals surface area (Å²) in [5.41, 5.74) is 3.10. The summed E-state index contributed by atoms with van der Waals surface area (Å²) in [6.45, 7) is 6.59. The molecule has 3 aromatic rings. The Morgan fingerprint density at radius 1 is 1.06 bits per heavy atom. The highest BCUT2D eigenvalue weighted by Crippen LogP contribution is 2.39. The lowest BCUT2D eigenvalue weighted by atomic mass is 9.93. The van der Waals surface area contributed by atoms with Gasteiger partial charge in [-0.3, -0.25) is 9.78 Å². The van der Waals surface area contributed by atoms with Gasteiger partial charge in [-0.15, -0.1) is 0 Å². The van der Waals surface area contributed by atoms with Gasteiger partial charge in [-0.2, -0.15) is 0 Å². The quantitative estimate of drug-likeness (QED) is 0.524. The predicted octanol–water partition coefficient (Wildman–Crippen LogP) is 4.78. The highest BCUT2D eigenvalue weighted by Gasteiger charge is 2.32. The van der Waals surface area contributed by atoms with E-state index in [2.05, 4.69) is 10.6 Å². The van der Waals surface area contributed by atoms with Crippen LogP contribution in [-0.4, -0.2) is 58.3 Å². The molecule has 7 nitrogen and oxygen atoms in total. The van der Waals surface area contributed by atoms with Crippen LogP contribution < -0.4 is 0 Å². The van der Waals surface area contributed by atoms with E-state index in [1.807, 2.05) is 24.1 Å². The molecule has 0 atom stereocenters. The topological polar surface area (TPSA) is 69.5 Å². The van der Waals surface area contributed by atoms with Crippen molar-refractivity contribution in [2.75, 3.05) is 33.0 Å². The summed E-state index contributed by atoms with van der Waals surface area (Å²) in [4.78, 5) is 24.4. The number of fused-ring (bicyclic) bond motifs is 2. The van der Waals surface area contributed by atoms with Crippen molar-refractivity contribution >= 4 is 16.7 Å². The third kappa shape index (κ3) is 4.20. The second kappa shape index (κ2) is 9.90. The molecule has 2 saturated heterocycles. The lowest BCUT2D eigenvalue weighted by molar-refractivity contribution is -0.132. The molecule has 0 bridgehead atoms. The van der Waals surface area contributed by atoms with Crippen molar-refractivity contribution in [2.24, 2.45) is 0 Å². The van der Waals surface area contributed by atoms with Gasteiger partial charge in [-0.05, 0) is 43.2 Å². The summed E-state index contributed by atoms with van der Waals surface area (Å²) in [7, 11) is 0. The standard InChI is InChI=1S/C28H33FN4O3/c1-2-25(34)32-9-10-33-24(17-32)27(31-28(33)19-7-13-36-14-8-19)26-21-16-30-23(18-5-11-35-12-6-18)15-20(21)3-4-22(26)29/h3-4,15-16,18-19H,2,5-14,17H2,1H3. The normalized spacial score (nSPS) is 19.6. The first-order chi connectivity index (χ1) is 17.6. The first-order valence-corrected chi connectivity index (χ1v) is 13.2. The molecule has 8 heteroatoms. The van der Waals surface area contributed by atoms with E-state index in [9.17, 15) is 4.79 Å². The van der Waals surface area contributed by atoms with Crippen LogP contribution in [0.2, 0.25) is 0 Å². The van der Waals surface area contributed by atoms with Crippen LogP contribution in [0.3, 0.4) is 0 Å². The molecule has 1 aromatic carbocycles. The van der Waals surface area contributed by atoms with Crippen molar-refractivity contribution < 1.29 is 18.7 Å². The maximum absolute atomic E-state index is 15.6. The Hall–Kier alpha value is -2.84. The van der Waals surface area contributed by atoms with E-state index in [0.717, 1.165) is 66.9 Å². The summed E-state index contributed by atoms with van der Waals surface area (Å²) in [6.07, 6.45) is 5.99. The van der Waals surface area contributed by atoms with Gasteiger partial charge in [0.15, 0.2) is 0 Å². The van der Waals surface area contributed by atoms with Crippen LogP contribution in [0, 0.1) is 5.82 Å². The molecule has 0 radical (unpaired) electrons. The second-order valence-electron chi connectivity index (χ2n) is 10.1. The Morgan fingerprint density at radius 2 is 1.78 bits per heavy atom. The molecule has 3 aliphatic rings. The summed E-state index contributed by atoms with van der Waals surface area (Å²) in [6, 6.07) is 5.49. The number of nitrogens with zero attached hydrogens (tertiary/aromatic N) is 4. The number of halogens is 1. The number of rotatable bonds is 4.